The van der Waals surface area contributed by atoms with E-state index in [1.165, 1.54) is 22.5 Å². The number of nitrogens with one attached hydrogen (secondary N) is 2. The summed E-state index contributed by atoms with van der Waals surface area (Å²) in [5.41, 5.74) is 7.89. The predicted octanol–water partition coefficient (Wildman–Crippen LogP) is 2.23. The van der Waals surface area contributed by atoms with Crippen LogP contribution in [-0.4, -0.2) is 24.3 Å². The number of primary amides is 1. The largest absolute Gasteiger partial charge is 0.366 e. The van der Waals surface area contributed by atoms with Gasteiger partial charge in [-0.25, -0.2) is 0 Å². The van der Waals surface area contributed by atoms with Gasteiger partial charge in [0.25, 0.3) is 5.91 Å². The van der Waals surface area contributed by atoms with Crippen molar-refractivity contribution in [3.8, 4) is 0 Å². The SMILES string of the molecule is Cc1ccccc1CCNC(=O)CCC(=O)Nc1sccc1C(N)=O. The fourth-order valence-corrected chi connectivity index (χ4v) is 3.14. The molecule has 132 valence electrons. The Kier molecular flexibility index (Phi) is 6.71. The summed E-state index contributed by atoms with van der Waals surface area (Å²) in [4.78, 5) is 34.9. The number of amides is 3. The van der Waals surface area contributed by atoms with E-state index in [4.69, 9.17) is 5.73 Å². The molecule has 0 aliphatic heterocycles. The fraction of sp³-hybridized carbons (Fsp3) is 0.278. The van der Waals surface area contributed by atoms with Gasteiger partial charge in [-0.2, -0.15) is 0 Å². The van der Waals surface area contributed by atoms with Crippen LogP contribution in [0.3, 0.4) is 0 Å². The van der Waals surface area contributed by atoms with E-state index in [2.05, 4.69) is 10.6 Å². The maximum absolute atomic E-state index is 11.9. The summed E-state index contributed by atoms with van der Waals surface area (Å²) in [5.74, 6) is -1.09. The summed E-state index contributed by atoms with van der Waals surface area (Å²) in [6.45, 7) is 2.56. The third-order valence-corrected chi connectivity index (χ3v) is 4.57. The molecule has 2 aromatic rings. The molecule has 0 radical (unpaired) electrons. The highest BCUT2D eigenvalue weighted by atomic mass is 32.1. The topological polar surface area (TPSA) is 101 Å². The van der Waals surface area contributed by atoms with Gasteiger partial charge in [0, 0.05) is 19.4 Å². The number of hydrogen-bond donors (Lipinski definition) is 3. The molecule has 1 heterocycles. The number of hydrogen-bond acceptors (Lipinski definition) is 4. The molecular weight excluding hydrogens is 338 g/mol. The van der Waals surface area contributed by atoms with Crippen molar-refractivity contribution in [1.82, 2.24) is 5.32 Å². The molecule has 0 unspecified atom stereocenters. The monoisotopic (exact) mass is 359 g/mol. The van der Waals surface area contributed by atoms with E-state index < -0.39 is 5.91 Å². The first-order valence-corrected chi connectivity index (χ1v) is 8.83. The molecule has 0 fully saturated rings. The van der Waals surface area contributed by atoms with Crippen LogP contribution in [0.4, 0.5) is 5.00 Å². The number of aryl methyl sites for hydroxylation is 1. The van der Waals surface area contributed by atoms with Crippen molar-refractivity contribution < 1.29 is 14.4 Å². The van der Waals surface area contributed by atoms with Gasteiger partial charge in [0.05, 0.1) is 5.56 Å². The first kappa shape index (κ1) is 18.7. The Labute approximate surface area is 150 Å². The molecular formula is C18H21N3O3S. The summed E-state index contributed by atoms with van der Waals surface area (Å²) in [7, 11) is 0. The zero-order chi connectivity index (χ0) is 18.2. The van der Waals surface area contributed by atoms with Gasteiger partial charge in [0.2, 0.25) is 11.8 Å². The zero-order valence-electron chi connectivity index (χ0n) is 14.0. The van der Waals surface area contributed by atoms with Crippen LogP contribution in [0, 0.1) is 6.92 Å². The van der Waals surface area contributed by atoms with Crippen LogP contribution in [0.25, 0.3) is 0 Å². The van der Waals surface area contributed by atoms with Crippen LogP contribution >= 0.6 is 11.3 Å². The van der Waals surface area contributed by atoms with Gasteiger partial charge in [0.1, 0.15) is 5.00 Å². The van der Waals surface area contributed by atoms with Crippen LogP contribution in [0.5, 0.6) is 0 Å². The van der Waals surface area contributed by atoms with Gasteiger partial charge < -0.3 is 16.4 Å². The molecule has 1 aromatic heterocycles. The lowest BCUT2D eigenvalue weighted by atomic mass is 10.1. The zero-order valence-corrected chi connectivity index (χ0v) is 14.8. The molecule has 0 bridgehead atoms. The molecule has 0 atom stereocenters. The third-order valence-electron chi connectivity index (χ3n) is 3.74. The molecule has 25 heavy (non-hydrogen) atoms. The molecule has 0 saturated heterocycles. The Bertz CT molecular complexity index is 770. The van der Waals surface area contributed by atoms with Crippen molar-refractivity contribution in [2.45, 2.75) is 26.2 Å². The maximum Gasteiger partial charge on any atom is 0.251 e. The van der Waals surface area contributed by atoms with E-state index in [9.17, 15) is 14.4 Å². The van der Waals surface area contributed by atoms with Crippen LogP contribution in [0.15, 0.2) is 35.7 Å². The van der Waals surface area contributed by atoms with Gasteiger partial charge in [-0.3, -0.25) is 14.4 Å². The Morgan fingerprint density at radius 2 is 1.80 bits per heavy atom. The predicted molar refractivity (Wildman–Crippen MR) is 98.6 cm³/mol. The molecule has 0 saturated carbocycles. The smallest absolute Gasteiger partial charge is 0.251 e. The minimum Gasteiger partial charge on any atom is -0.366 e. The average molecular weight is 359 g/mol. The van der Waals surface area contributed by atoms with E-state index in [-0.39, 0.29) is 30.2 Å². The molecule has 0 aliphatic rings. The van der Waals surface area contributed by atoms with Crippen molar-refractivity contribution in [3.05, 3.63) is 52.4 Å². The fourth-order valence-electron chi connectivity index (χ4n) is 2.33. The summed E-state index contributed by atoms with van der Waals surface area (Å²) in [6.07, 6.45) is 0.894. The third kappa shape index (κ3) is 5.72. The molecule has 6 nitrogen and oxygen atoms in total. The van der Waals surface area contributed by atoms with Crippen molar-refractivity contribution in [2.24, 2.45) is 5.73 Å². The number of nitrogens with two attached hydrogens (primary N) is 1. The van der Waals surface area contributed by atoms with Crippen molar-refractivity contribution in [1.29, 1.82) is 0 Å². The summed E-state index contributed by atoms with van der Waals surface area (Å²) in [6, 6.07) is 9.58. The van der Waals surface area contributed by atoms with Crippen molar-refractivity contribution >= 4 is 34.1 Å². The van der Waals surface area contributed by atoms with Crippen LogP contribution in [0.1, 0.15) is 34.3 Å². The Morgan fingerprint density at radius 1 is 1.08 bits per heavy atom. The minimum absolute atomic E-state index is 0.0479. The molecule has 3 amide bonds. The minimum atomic E-state index is -0.592. The Hall–Kier alpha value is -2.67. The number of benzene rings is 1. The summed E-state index contributed by atoms with van der Waals surface area (Å²) >= 11 is 1.22. The highest BCUT2D eigenvalue weighted by Gasteiger charge is 2.13. The Balaban J connectivity index is 1.71. The van der Waals surface area contributed by atoms with E-state index >= 15 is 0 Å². The Morgan fingerprint density at radius 3 is 2.52 bits per heavy atom. The van der Waals surface area contributed by atoms with Crippen LogP contribution < -0.4 is 16.4 Å². The molecule has 0 aliphatic carbocycles. The van der Waals surface area contributed by atoms with Crippen molar-refractivity contribution in [3.63, 3.8) is 0 Å². The quantitative estimate of drug-likeness (QED) is 0.673. The number of carbonyl (C=O) groups is 3. The molecule has 4 N–H and O–H groups in total. The number of carbonyl (C=O) groups excluding carboxylic acids is 3. The summed E-state index contributed by atoms with van der Waals surface area (Å²) in [5, 5.41) is 7.52. The highest BCUT2D eigenvalue weighted by molar-refractivity contribution is 7.14. The maximum atomic E-state index is 11.9. The van der Waals surface area contributed by atoms with Gasteiger partial charge >= 0.3 is 0 Å². The standard InChI is InChI=1S/C18H21N3O3S/c1-12-4-2-3-5-13(12)8-10-20-15(22)6-7-16(23)21-18-14(17(19)24)9-11-25-18/h2-5,9,11H,6-8,10H2,1H3,(H2,19,24)(H,20,22)(H,21,23). The highest BCUT2D eigenvalue weighted by Crippen LogP contribution is 2.22. The van der Waals surface area contributed by atoms with Gasteiger partial charge in [-0.15, -0.1) is 11.3 Å². The van der Waals surface area contributed by atoms with Gasteiger partial charge in [-0.05, 0) is 35.9 Å². The van der Waals surface area contributed by atoms with Gasteiger partial charge in [-0.1, -0.05) is 24.3 Å². The molecule has 0 spiro atoms. The van der Waals surface area contributed by atoms with E-state index in [0.29, 0.717) is 11.5 Å². The first-order chi connectivity index (χ1) is 12.0. The average Bonchev–Trinajstić information content (AvgIpc) is 3.03. The van der Waals surface area contributed by atoms with E-state index in [1.807, 2.05) is 31.2 Å². The lowest BCUT2D eigenvalue weighted by Crippen LogP contribution is -2.27. The molecule has 7 heteroatoms. The second-order valence-electron chi connectivity index (χ2n) is 5.60. The number of rotatable bonds is 8. The summed E-state index contributed by atoms with van der Waals surface area (Å²) < 4.78 is 0. The van der Waals surface area contributed by atoms with Crippen molar-refractivity contribution in [2.75, 3.05) is 11.9 Å². The van der Waals surface area contributed by atoms with Gasteiger partial charge in [0.15, 0.2) is 0 Å². The lowest BCUT2D eigenvalue weighted by molar-refractivity contribution is -0.124. The van der Waals surface area contributed by atoms with Crippen LogP contribution in [-0.2, 0) is 16.0 Å². The second-order valence-corrected chi connectivity index (χ2v) is 6.52. The van der Waals surface area contributed by atoms with E-state index in [0.717, 1.165) is 6.42 Å². The van der Waals surface area contributed by atoms with Crippen LogP contribution in [0.2, 0.25) is 0 Å². The molecule has 1 aromatic carbocycles. The number of thiophene rings is 1. The second kappa shape index (κ2) is 8.98. The van der Waals surface area contributed by atoms with E-state index in [1.54, 1.807) is 11.4 Å². The first-order valence-electron chi connectivity index (χ1n) is 7.95. The normalized spacial score (nSPS) is 10.3. The lowest BCUT2D eigenvalue weighted by Gasteiger charge is -2.08. The number of anilines is 1. The molecule has 2 rings (SSSR count).